The number of hydrogen-bond acceptors (Lipinski definition) is 3. The summed E-state index contributed by atoms with van der Waals surface area (Å²) in [5.74, 6) is -0.490. The average Bonchev–Trinajstić information content (AvgIpc) is 2.55. The van der Waals surface area contributed by atoms with E-state index < -0.39 is 5.97 Å². The molecule has 86 valence electrons. The first-order valence-corrected chi connectivity index (χ1v) is 5.53. The second-order valence-corrected chi connectivity index (χ2v) is 4.32. The third kappa shape index (κ3) is 1.71. The molecule has 16 heavy (non-hydrogen) atoms. The molecule has 1 N–H and O–H groups in total. The van der Waals surface area contributed by atoms with Gasteiger partial charge in [-0.15, -0.1) is 0 Å². The van der Waals surface area contributed by atoms with E-state index in [2.05, 4.69) is 20.9 Å². The first-order valence-electron chi connectivity index (χ1n) is 4.74. The number of carboxylic acids is 1. The molecule has 0 saturated carbocycles. The molecule has 0 unspecified atom stereocenters. The van der Waals surface area contributed by atoms with E-state index in [4.69, 9.17) is 5.11 Å². The minimum atomic E-state index is -1.07. The number of carbonyl (C=O) groups is 2. The van der Waals surface area contributed by atoms with Crippen LogP contribution < -0.4 is 0 Å². The minimum absolute atomic E-state index is 0.000372. The summed E-state index contributed by atoms with van der Waals surface area (Å²) in [5, 5.41) is 8.90. The summed E-state index contributed by atoms with van der Waals surface area (Å²) in [6.45, 7) is 3.00. The number of fused-ring (bicyclic) bond motifs is 1. The molecule has 1 amide bonds. The first kappa shape index (κ1) is 11.1. The van der Waals surface area contributed by atoms with Crippen LogP contribution in [0.5, 0.6) is 0 Å². The molecule has 0 aliphatic carbocycles. The number of imidazole rings is 1. The van der Waals surface area contributed by atoms with Crippen LogP contribution >= 0.6 is 15.9 Å². The molecule has 2 rings (SSSR count). The molecule has 7 heteroatoms. The summed E-state index contributed by atoms with van der Waals surface area (Å²) < 4.78 is 2.25. The summed E-state index contributed by atoms with van der Waals surface area (Å²) >= 11 is 3.21. The molecular weight excluding hydrogens is 278 g/mol. The van der Waals surface area contributed by atoms with Crippen LogP contribution in [0.15, 0.2) is 4.60 Å². The van der Waals surface area contributed by atoms with Crippen LogP contribution in [0.25, 0.3) is 0 Å². The van der Waals surface area contributed by atoms with E-state index in [0.717, 1.165) is 0 Å². The highest BCUT2D eigenvalue weighted by Gasteiger charge is 2.25. The van der Waals surface area contributed by atoms with Crippen LogP contribution in [-0.4, -0.2) is 38.0 Å². The largest absolute Gasteiger partial charge is 0.476 e. The van der Waals surface area contributed by atoms with Gasteiger partial charge in [-0.1, -0.05) is 0 Å². The monoisotopic (exact) mass is 287 g/mol. The number of carbonyl (C=O) groups excluding carboxylic acids is 1. The summed E-state index contributed by atoms with van der Waals surface area (Å²) in [7, 11) is 0. The number of amides is 1. The van der Waals surface area contributed by atoms with Gasteiger partial charge in [0.05, 0.1) is 6.54 Å². The van der Waals surface area contributed by atoms with Crippen molar-refractivity contribution in [2.75, 3.05) is 6.54 Å². The minimum Gasteiger partial charge on any atom is -0.476 e. The SMILES string of the molecule is CC(=O)N1CCn2c(nc(C(=O)O)c2Br)C1. The topological polar surface area (TPSA) is 75.4 Å². The van der Waals surface area contributed by atoms with Gasteiger partial charge >= 0.3 is 5.97 Å². The molecule has 0 spiro atoms. The molecule has 0 saturated heterocycles. The molecule has 0 bridgehead atoms. The quantitative estimate of drug-likeness (QED) is 0.825. The van der Waals surface area contributed by atoms with Crippen molar-refractivity contribution in [3.63, 3.8) is 0 Å². The highest BCUT2D eigenvalue weighted by Crippen LogP contribution is 2.22. The van der Waals surface area contributed by atoms with Crippen molar-refractivity contribution in [1.29, 1.82) is 0 Å². The summed E-state index contributed by atoms with van der Waals surface area (Å²) in [6, 6.07) is 0. The van der Waals surface area contributed by atoms with Gasteiger partial charge in [0.15, 0.2) is 5.69 Å². The van der Waals surface area contributed by atoms with Crippen molar-refractivity contribution in [3.8, 4) is 0 Å². The lowest BCUT2D eigenvalue weighted by Crippen LogP contribution is -2.37. The molecule has 6 nitrogen and oxygen atoms in total. The van der Waals surface area contributed by atoms with Crippen LogP contribution in [0.2, 0.25) is 0 Å². The number of aromatic carboxylic acids is 1. The maximum atomic E-state index is 11.2. The molecule has 0 aromatic carbocycles. The third-order valence-corrected chi connectivity index (χ3v) is 3.36. The van der Waals surface area contributed by atoms with Crippen molar-refractivity contribution in [2.45, 2.75) is 20.0 Å². The predicted octanol–water partition coefficient (Wildman–Crippen LogP) is 0.706. The number of aromatic nitrogens is 2. The van der Waals surface area contributed by atoms with Crippen molar-refractivity contribution in [2.24, 2.45) is 0 Å². The Morgan fingerprint density at radius 3 is 2.69 bits per heavy atom. The fraction of sp³-hybridized carbons (Fsp3) is 0.444. The van der Waals surface area contributed by atoms with Crippen LogP contribution in [-0.2, 0) is 17.9 Å². The lowest BCUT2D eigenvalue weighted by atomic mass is 10.3. The highest BCUT2D eigenvalue weighted by atomic mass is 79.9. The molecule has 1 aromatic heterocycles. The normalized spacial score (nSPS) is 14.8. The van der Waals surface area contributed by atoms with Gasteiger partial charge in [-0.2, -0.15) is 0 Å². The Morgan fingerprint density at radius 1 is 1.44 bits per heavy atom. The second kappa shape index (κ2) is 3.89. The average molecular weight is 288 g/mol. The van der Waals surface area contributed by atoms with Gasteiger partial charge in [0.2, 0.25) is 5.91 Å². The first-order chi connectivity index (χ1) is 7.50. The van der Waals surface area contributed by atoms with Crippen LogP contribution in [0.3, 0.4) is 0 Å². The van der Waals surface area contributed by atoms with E-state index in [9.17, 15) is 9.59 Å². The highest BCUT2D eigenvalue weighted by molar-refractivity contribution is 9.10. The number of rotatable bonds is 1. The molecule has 0 fully saturated rings. The van der Waals surface area contributed by atoms with Crippen LogP contribution in [0.4, 0.5) is 0 Å². The van der Waals surface area contributed by atoms with E-state index in [1.54, 1.807) is 9.47 Å². The molecule has 0 radical (unpaired) electrons. The Kier molecular flexibility index (Phi) is 2.71. The number of hydrogen-bond donors (Lipinski definition) is 1. The summed E-state index contributed by atoms with van der Waals surface area (Å²) in [4.78, 5) is 27.7. The lowest BCUT2D eigenvalue weighted by Gasteiger charge is -2.26. The zero-order valence-corrected chi connectivity index (χ0v) is 10.2. The maximum Gasteiger partial charge on any atom is 0.357 e. The van der Waals surface area contributed by atoms with E-state index in [0.29, 0.717) is 30.1 Å². The Morgan fingerprint density at radius 2 is 2.12 bits per heavy atom. The molecule has 0 atom stereocenters. The van der Waals surface area contributed by atoms with Crippen LogP contribution in [0, 0.1) is 0 Å². The third-order valence-electron chi connectivity index (χ3n) is 2.56. The standard InChI is InChI=1S/C9H10BrN3O3/c1-5(14)12-2-3-13-6(4-12)11-7(8(13)10)9(15)16/h2-4H2,1H3,(H,15,16). The molecule has 1 aliphatic rings. The van der Waals surface area contributed by atoms with Gasteiger partial charge in [0.25, 0.3) is 0 Å². The van der Waals surface area contributed by atoms with Crippen molar-refractivity contribution >= 4 is 27.8 Å². The van der Waals surface area contributed by atoms with E-state index >= 15 is 0 Å². The number of halogens is 1. The predicted molar refractivity (Wildman–Crippen MR) is 58.0 cm³/mol. The lowest BCUT2D eigenvalue weighted by molar-refractivity contribution is -0.130. The van der Waals surface area contributed by atoms with Crippen molar-refractivity contribution in [1.82, 2.24) is 14.5 Å². The number of carboxylic acid groups (broad SMARTS) is 1. The molecular formula is C9H10BrN3O3. The van der Waals surface area contributed by atoms with E-state index in [1.807, 2.05) is 0 Å². The molecule has 1 aliphatic heterocycles. The Labute approximate surface area is 100.0 Å². The van der Waals surface area contributed by atoms with Gasteiger partial charge in [0, 0.05) is 20.0 Å². The van der Waals surface area contributed by atoms with Gasteiger partial charge in [-0.3, -0.25) is 4.79 Å². The van der Waals surface area contributed by atoms with Gasteiger partial charge in [-0.25, -0.2) is 9.78 Å². The zero-order chi connectivity index (χ0) is 11.9. The van der Waals surface area contributed by atoms with Crippen molar-refractivity contribution < 1.29 is 14.7 Å². The maximum absolute atomic E-state index is 11.2. The van der Waals surface area contributed by atoms with Gasteiger partial charge < -0.3 is 14.6 Å². The molecule has 2 heterocycles. The van der Waals surface area contributed by atoms with Gasteiger partial charge in [0.1, 0.15) is 10.4 Å². The fourth-order valence-electron chi connectivity index (χ4n) is 1.70. The fourth-order valence-corrected chi connectivity index (χ4v) is 2.34. The van der Waals surface area contributed by atoms with Crippen LogP contribution in [0.1, 0.15) is 23.2 Å². The molecule has 1 aromatic rings. The Hall–Kier alpha value is -1.37. The smallest absolute Gasteiger partial charge is 0.357 e. The Balaban J connectivity index is 2.37. The van der Waals surface area contributed by atoms with E-state index in [1.165, 1.54) is 6.92 Å². The van der Waals surface area contributed by atoms with Crippen molar-refractivity contribution in [3.05, 3.63) is 16.1 Å². The number of nitrogens with zero attached hydrogens (tertiary/aromatic N) is 3. The summed E-state index contributed by atoms with van der Waals surface area (Å²) in [5.41, 5.74) is 0.000372. The zero-order valence-electron chi connectivity index (χ0n) is 8.60. The second-order valence-electron chi connectivity index (χ2n) is 3.56. The van der Waals surface area contributed by atoms with Gasteiger partial charge in [-0.05, 0) is 15.9 Å². The van der Waals surface area contributed by atoms with E-state index in [-0.39, 0.29) is 11.6 Å². The Bertz CT molecular complexity index is 469. The summed E-state index contributed by atoms with van der Waals surface area (Å²) in [6.07, 6.45) is 0.